The Kier molecular flexibility index (Phi) is 5.66. The van der Waals surface area contributed by atoms with Gasteiger partial charge in [0.1, 0.15) is 11.5 Å². The SMILES string of the molecule is CC[C@H](CO)NCc1ccc(-c2ccc(Br)cc2Cl)o1. The van der Waals surface area contributed by atoms with Crippen LogP contribution in [0.4, 0.5) is 0 Å². The van der Waals surface area contributed by atoms with E-state index in [1.165, 1.54) is 0 Å². The lowest BCUT2D eigenvalue weighted by Crippen LogP contribution is -2.30. The molecular weight excluding hydrogens is 342 g/mol. The van der Waals surface area contributed by atoms with Gasteiger partial charge < -0.3 is 14.8 Å². The maximum Gasteiger partial charge on any atom is 0.135 e. The van der Waals surface area contributed by atoms with Crippen molar-refractivity contribution in [1.29, 1.82) is 0 Å². The highest BCUT2D eigenvalue weighted by Gasteiger charge is 2.10. The van der Waals surface area contributed by atoms with Crippen LogP contribution in [0, 0.1) is 0 Å². The van der Waals surface area contributed by atoms with Gasteiger partial charge in [-0.3, -0.25) is 0 Å². The second-order valence-electron chi connectivity index (χ2n) is 4.56. The topological polar surface area (TPSA) is 45.4 Å². The molecule has 1 aromatic heterocycles. The lowest BCUT2D eigenvalue weighted by molar-refractivity contribution is 0.235. The number of benzene rings is 1. The van der Waals surface area contributed by atoms with E-state index in [0.29, 0.717) is 11.6 Å². The van der Waals surface area contributed by atoms with Crippen LogP contribution in [-0.4, -0.2) is 17.8 Å². The van der Waals surface area contributed by atoms with Crippen molar-refractivity contribution in [1.82, 2.24) is 5.32 Å². The first-order chi connectivity index (χ1) is 9.63. The first-order valence-electron chi connectivity index (χ1n) is 6.52. The second kappa shape index (κ2) is 7.27. The standard InChI is InChI=1S/C15H17BrClNO2/c1-2-11(9-19)18-8-12-4-6-15(20-12)13-5-3-10(16)7-14(13)17/h3-7,11,18-19H,2,8-9H2,1H3/t11-/m1/s1. The second-order valence-corrected chi connectivity index (χ2v) is 5.88. The number of hydrogen-bond donors (Lipinski definition) is 2. The lowest BCUT2D eigenvalue weighted by Gasteiger charge is -2.12. The third kappa shape index (κ3) is 3.85. The average molecular weight is 359 g/mol. The van der Waals surface area contributed by atoms with Crippen molar-refractivity contribution in [3.63, 3.8) is 0 Å². The molecule has 0 unspecified atom stereocenters. The zero-order valence-electron chi connectivity index (χ0n) is 11.2. The first-order valence-corrected chi connectivity index (χ1v) is 7.69. The number of nitrogens with one attached hydrogen (secondary N) is 1. The van der Waals surface area contributed by atoms with Gasteiger partial charge in [0.2, 0.25) is 0 Å². The number of hydrogen-bond acceptors (Lipinski definition) is 3. The van der Waals surface area contributed by atoms with E-state index in [-0.39, 0.29) is 12.6 Å². The summed E-state index contributed by atoms with van der Waals surface area (Å²) in [6, 6.07) is 9.62. The van der Waals surface area contributed by atoms with E-state index in [1.54, 1.807) is 0 Å². The Morgan fingerprint density at radius 3 is 2.80 bits per heavy atom. The average Bonchev–Trinajstić information content (AvgIpc) is 2.88. The van der Waals surface area contributed by atoms with Crippen molar-refractivity contribution >= 4 is 27.5 Å². The molecule has 0 bridgehead atoms. The molecule has 0 aliphatic heterocycles. The predicted octanol–water partition coefficient (Wildman–Crippen LogP) is 4.22. The summed E-state index contributed by atoms with van der Waals surface area (Å²) in [5.41, 5.74) is 0.871. The number of aliphatic hydroxyl groups excluding tert-OH is 1. The minimum Gasteiger partial charge on any atom is -0.460 e. The van der Waals surface area contributed by atoms with Gasteiger partial charge in [0.25, 0.3) is 0 Å². The summed E-state index contributed by atoms with van der Waals surface area (Å²) in [5, 5.41) is 13.0. The van der Waals surface area contributed by atoms with E-state index in [1.807, 2.05) is 37.3 Å². The van der Waals surface area contributed by atoms with Crippen molar-refractivity contribution < 1.29 is 9.52 Å². The summed E-state index contributed by atoms with van der Waals surface area (Å²) in [4.78, 5) is 0. The minimum absolute atomic E-state index is 0.0971. The van der Waals surface area contributed by atoms with E-state index < -0.39 is 0 Å². The highest BCUT2D eigenvalue weighted by molar-refractivity contribution is 9.10. The smallest absolute Gasteiger partial charge is 0.135 e. The molecule has 2 aromatic rings. The van der Waals surface area contributed by atoms with E-state index in [9.17, 15) is 0 Å². The molecule has 1 atom stereocenters. The number of rotatable bonds is 6. The Morgan fingerprint density at radius 2 is 2.15 bits per heavy atom. The van der Waals surface area contributed by atoms with Crippen molar-refractivity contribution in [2.75, 3.05) is 6.61 Å². The Morgan fingerprint density at radius 1 is 1.35 bits per heavy atom. The molecule has 2 rings (SSSR count). The van der Waals surface area contributed by atoms with Gasteiger partial charge in [0.05, 0.1) is 18.2 Å². The van der Waals surface area contributed by atoms with Crippen molar-refractivity contribution in [2.45, 2.75) is 25.9 Å². The summed E-state index contributed by atoms with van der Waals surface area (Å²) in [5.74, 6) is 1.57. The van der Waals surface area contributed by atoms with E-state index in [4.69, 9.17) is 21.1 Å². The number of furan rings is 1. The van der Waals surface area contributed by atoms with Crippen LogP contribution in [0.3, 0.4) is 0 Å². The van der Waals surface area contributed by atoms with Gasteiger partial charge in [0, 0.05) is 16.1 Å². The van der Waals surface area contributed by atoms with E-state index in [2.05, 4.69) is 21.2 Å². The first kappa shape index (κ1) is 15.6. The van der Waals surface area contributed by atoms with E-state index in [0.717, 1.165) is 28.0 Å². The van der Waals surface area contributed by atoms with Gasteiger partial charge in [-0.1, -0.05) is 34.5 Å². The molecule has 0 radical (unpaired) electrons. The summed E-state index contributed by atoms with van der Waals surface area (Å²) in [6.07, 6.45) is 0.878. The molecule has 1 heterocycles. The third-order valence-electron chi connectivity index (χ3n) is 3.14. The van der Waals surface area contributed by atoms with Crippen LogP contribution in [-0.2, 0) is 6.54 Å². The Hall–Kier alpha value is -0.810. The molecule has 20 heavy (non-hydrogen) atoms. The van der Waals surface area contributed by atoms with Gasteiger partial charge in [0.15, 0.2) is 0 Å². The quantitative estimate of drug-likeness (QED) is 0.812. The Labute approximate surface area is 132 Å². The number of halogens is 2. The van der Waals surface area contributed by atoms with Crippen LogP contribution in [0.2, 0.25) is 5.02 Å². The maximum absolute atomic E-state index is 9.13. The molecule has 2 N–H and O–H groups in total. The van der Waals surface area contributed by atoms with Crippen LogP contribution in [0.25, 0.3) is 11.3 Å². The molecule has 0 aliphatic rings. The fourth-order valence-corrected chi connectivity index (χ4v) is 2.66. The zero-order chi connectivity index (χ0) is 14.5. The van der Waals surface area contributed by atoms with Crippen molar-refractivity contribution in [3.05, 3.63) is 45.6 Å². The summed E-state index contributed by atoms with van der Waals surface area (Å²) in [6.45, 7) is 2.75. The molecule has 1 aromatic carbocycles. The fraction of sp³-hybridized carbons (Fsp3) is 0.333. The summed E-state index contributed by atoms with van der Waals surface area (Å²) >= 11 is 9.59. The molecule has 0 saturated carbocycles. The molecule has 5 heteroatoms. The van der Waals surface area contributed by atoms with Crippen molar-refractivity contribution in [3.8, 4) is 11.3 Å². The third-order valence-corrected chi connectivity index (χ3v) is 3.94. The normalized spacial score (nSPS) is 12.6. The van der Waals surface area contributed by atoms with Gasteiger partial charge in [-0.2, -0.15) is 0 Å². The van der Waals surface area contributed by atoms with Gasteiger partial charge >= 0.3 is 0 Å². The predicted molar refractivity (Wildman–Crippen MR) is 84.9 cm³/mol. The maximum atomic E-state index is 9.13. The lowest BCUT2D eigenvalue weighted by atomic mass is 10.2. The molecule has 0 spiro atoms. The summed E-state index contributed by atoms with van der Waals surface area (Å²) in [7, 11) is 0. The molecule has 0 aliphatic carbocycles. The van der Waals surface area contributed by atoms with Gasteiger partial charge in [-0.05, 0) is 36.8 Å². The summed E-state index contributed by atoms with van der Waals surface area (Å²) < 4.78 is 6.72. The van der Waals surface area contributed by atoms with Crippen LogP contribution >= 0.6 is 27.5 Å². The fourth-order valence-electron chi connectivity index (χ4n) is 1.89. The van der Waals surface area contributed by atoms with E-state index >= 15 is 0 Å². The Bertz CT molecular complexity index is 567. The van der Waals surface area contributed by atoms with Crippen LogP contribution < -0.4 is 5.32 Å². The van der Waals surface area contributed by atoms with Crippen LogP contribution in [0.1, 0.15) is 19.1 Å². The molecular formula is C15H17BrClNO2. The highest BCUT2D eigenvalue weighted by atomic mass is 79.9. The largest absolute Gasteiger partial charge is 0.460 e. The van der Waals surface area contributed by atoms with Crippen molar-refractivity contribution in [2.24, 2.45) is 0 Å². The molecule has 0 fully saturated rings. The minimum atomic E-state index is 0.0971. The highest BCUT2D eigenvalue weighted by Crippen LogP contribution is 2.31. The molecule has 3 nitrogen and oxygen atoms in total. The molecule has 0 amide bonds. The molecule has 0 saturated heterocycles. The van der Waals surface area contributed by atoms with Gasteiger partial charge in [-0.15, -0.1) is 0 Å². The Balaban J connectivity index is 2.08. The van der Waals surface area contributed by atoms with Crippen LogP contribution in [0.5, 0.6) is 0 Å². The number of aliphatic hydroxyl groups is 1. The zero-order valence-corrected chi connectivity index (χ0v) is 13.5. The monoisotopic (exact) mass is 357 g/mol. The van der Waals surface area contributed by atoms with Crippen LogP contribution in [0.15, 0.2) is 39.2 Å². The van der Waals surface area contributed by atoms with Gasteiger partial charge in [-0.25, -0.2) is 0 Å². The molecule has 108 valence electrons.